The van der Waals surface area contributed by atoms with Crippen LogP contribution < -0.4 is 5.32 Å². The molecule has 1 aliphatic carbocycles. The van der Waals surface area contributed by atoms with Gasteiger partial charge in [-0.1, -0.05) is 19.8 Å². The van der Waals surface area contributed by atoms with Crippen LogP contribution in [0.5, 0.6) is 0 Å². The summed E-state index contributed by atoms with van der Waals surface area (Å²) in [4.78, 5) is 2.48. The fraction of sp³-hybridized carbons (Fsp3) is 0.824. The van der Waals surface area contributed by atoms with Crippen molar-refractivity contribution in [1.29, 1.82) is 0 Å². The molecule has 4 nitrogen and oxygen atoms in total. The first kappa shape index (κ1) is 16.5. The molecule has 3 unspecified atom stereocenters. The number of aryl methyl sites for hydroxylation is 2. The molecular weight excluding hydrogens is 260 g/mol. The summed E-state index contributed by atoms with van der Waals surface area (Å²) in [5.41, 5.74) is 1.64. The van der Waals surface area contributed by atoms with Gasteiger partial charge in [0.2, 0.25) is 0 Å². The van der Waals surface area contributed by atoms with Gasteiger partial charge in [0.25, 0.3) is 0 Å². The van der Waals surface area contributed by atoms with Crippen LogP contribution in [0.1, 0.15) is 44.6 Å². The predicted octanol–water partition coefficient (Wildman–Crippen LogP) is 2.45. The maximum Gasteiger partial charge on any atom is 0.0521 e. The molecule has 0 spiro atoms. The van der Waals surface area contributed by atoms with Crippen molar-refractivity contribution in [2.45, 2.75) is 57.0 Å². The van der Waals surface area contributed by atoms with E-state index in [2.05, 4.69) is 49.6 Å². The number of aromatic nitrogens is 2. The van der Waals surface area contributed by atoms with Gasteiger partial charge in [-0.3, -0.25) is 4.68 Å². The van der Waals surface area contributed by atoms with Crippen molar-refractivity contribution in [3.8, 4) is 0 Å². The van der Waals surface area contributed by atoms with E-state index in [1.807, 2.05) is 17.9 Å². The second-order valence-electron chi connectivity index (χ2n) is 7.10. The quantitative estimate of drug-likeness (QED) is 0.874. The molecule has 0 amide bonds. The summed E-state index contributed by atoms with van der Waals surface area (Å²) in [7, 11) is 8.63. The van der Waals surface area contributed by atoms with Gasteiger partial charge in [-0.25, -0.2) is 0 Å². The maximum absolute atomic E-state index is 4.28. The molecule has 0 bridgehead atoms. The standard InChI is InChI=1S/C17H32N4/c1-14-7-6-10-17(11-14,20(3)4)16(18-2)9-8-15-12-19-21(5)13-15/h12-14,16,18H,6-11H2,1-5H3. The Hall–Kier alpha value is -0.870. The van der Waals surface area contributed by atoms with Crippen molar-refractivity contribution in [1.82, 2.24) is 20.0 Å². The lowest BCUT2D eigenvalue weighted by Crippen LogP contribution is -2.60. The third kappa shape index (κ3) is 3.67. The second-order valence-corrected chi connectivity index (χ2v) is 7.10. The minimum atomic E-state index is 0.300. The Balaban J connectivity index is 2.08. The van der Waals surface area contributed by atoms with Gasteiger partial charge in [-0.15, -0.1) is 0 Å². The first-order valence-electron chi connectivity index (χ1n) is 8.30. The number of nitrogens with zero attached hydrogens (tertiary/aromatic N) is 3. The molecule has 1 fully saturated rings. The molecular formula is C17H32N4. The van der Waals surface area contributed by atoms with Gasteiger partial charge in [0.1, 0.15) is 0 Å². The van der Waals surface area contributed by atoms with Crippen LogP contribution in [0.25, 0.3) is 0 Å². The van der Waals surface area contributed by atoms with Crippen molar-refractivity contribution in [3.05, 3.63) is 18.0 Å². The average Bonchev–Trinajstić information content (AvgIpc) is 2.85. The van der Waals surface area contributed by atoms with Crippen molar-refractivity contribution >= 4 is 0 Å². The van der Waals surface area contributed by atoms with E-state index in [9.17, 15) is 0 Å². The van der Waals surface area contributed by atoms with Crippen LogP contribution in [-0.2, 0) is 13.5 Å². The summed E-state index contributed by atoms with van der Waals surface area (Å²) in [5, 5.41) is 7.91. The molecule has 1 heterocycles. The Morgan fingerprint density at radius 3 is 2.81 bits per heavy atom. The molecule has 120 valence electrons. The van der Waals surface area contributed by atoms with Crippen LogP contribution in [0.15, 0.2) is 12.4 Å². The second kappa shape index (κ2) is 6.93. The molecule has 3 atom stereocenters. The minimum Gasteiger partial charge on any atom is -0.315 e. The molecule has 0 radical (unpaired) electrons. The van der Waals surface area contributed by atoms with E-state index in [4.69, 9.17) is 0 Å². The van der Waals surface area contributed by atoms with Gasteiger partial charge < -0.3 is 10.2 Å². The number of hydrogen-bond acceptors (Lipinski definition) is 3. The van der Waals surface area contributed by atoms with E-state index in [0.717, 1.165) is 12.3 Å². The molecule has 1 N–H and O–H groups in total. The highest BCUT2D eigenvalue weighted by molar-refractivity contribution is 5.07. The lowest BCUT2D eigenvalue weighted by Gasteiger charge is -2.50. The third-order valence-corrected chi connectivity index (χ3v) is 5.38. The summed E-state index contributed by atoms with van der Waals surface area (Å²) in [5.74, 6) is 0.829. The first-order chi connectivity index (χ1) is 9.98. The van der Waals surface area contributed by atoms with Crippen LogP contribution in [0.4, 0.5) is 0 Å². The fourth-order valence-corrected chi connectivity index (χ4v) is 4.19. The zero-order valence-electron chi connectivity index (χ0n) is 14.4. The Labute approximate surface area is 129 Å². The van der Waals surface area contributed by atoms with Crippen molar-refractivity contribution in [2.75, 3.05) is 21.1 Å². The van der Waals surface area contributed by atoms with Gasteiger partial charge in [0, 0.05) is 24.8 Å². The fourth-order valence-electron chi connectivity index (χ4n) is 4.19. The van der Waals surface area contributed by atoms with Crippen molar-refractivity contribution in [2.24, 2.45) is 13.0 Å². The lowest BCUT2D eigenvalue weighted by molar-refractivity contribution is 0.0370. The van der Waals surface area contributed by atoms with Gasteiger partial charge in [-0.05, 0) is 58.3 Å². The molecule has 1 aliphatic rings. The molecule has 2 rings (SSSR count). The summed E-state index contributed by atoms with van der Waals surface area (Å²) in [6.07, 6.45) is 11.8. The molecule has 1 saturated carbocycles. The van der Waals surface area contributed by atoms with Crippen LogP contribution in [-0.4, -0.2) is 47.4 Å². The molecule has 1 aromatic rings. The van der Waals surface area contributed by atoms with Gasteiger partial charge in [0.05, 0.1) is 6.20 Å². The molecule has 0 saturated heterocycles. The molecule has 0 aromatic carbocycles. The lowest BCUT2D eigenvalue weighted by atomic mass is 9.70. The summed E-state index contributed by atoms with van der Waals surface area (Å²) < 4.78 is 1.90. The smallest absolute Gasteiger partial charge is 0.0521 e. The van der Waals surface area contributed by atoms with Crippen LogP contribution in [0.3, 0.4) is 0 Å². The highest BCUT2D eigenvalue weighted by Crippen LogP contribution is 2.39. The summed E-state index contributed by atoms with van der Waals surface area (Å²) in [6.45, 7) is 2.41. The van der Waals surface area contributed by atoms with Crippen molar-refractivity contribution in [3.63, 3.8) is 0 Å². The highest BCUT2D eigenvalue weighted by Gasteiger charge is 2.42. The Bertz CT molecular complexity index is 440. The Kier molecular flexibility index (Phi) is 5.44. The summed E-state index contributed by atoms with van der Waals surface area (Å²) in [6, 6.07) is 0.537. The normalized spacial score (nSPS) is 28.0. The SMILES string of the molecule is CNC(CCc1cnn(C)c1)C1(N(C)C)CCCC(C)C1. The first-order valence-corrected chi connectivity index (χ1v) is 8.30. The predicted molar refractivity (Wildman–Crippen MR) is 88.4 cm³/mol. The van der Waals surface area contributed by atoms with E-state index < -0.39 is 0 Å². The Morgan fingerprint density at radius 2 is 2.29 bits per heavy atom. The van der Waals surface area contributed by atoms with E-state index in [-0.39, 0.29) is 0 Å². The van der Waals surface area contributed by atoms with Crippen LogP contribution >= 0.6 is 0 Å². The summed E-state index contributed by atoms with van der Waals surface area (Å²) >= 11 is 0. The molecule has 4 heteroatoms. The Morgan fingerprint density at radius 1 is 1.52 bits per heavy atom. The van der Waals surface area contributed by atoms with Gasteiger partial charge in [0.15, 0.2) is 0 Å². The number of hydrogen-bond donors (Lipinski definition) is 1. The van der Waals surface area contributed by atoms with E-state index in [1.54, 1.807) is 0 Å². The third-order valence-electron chi connectivity index (χ3n) is 5.38. The molecule has 21 heavy (non-hydrogen) atoms. The van der Waals surface area contributed by atoms with Crippen LogP contribution in [0.2, 0.25) is 0 Å². The van der Waals surface area contributed by atoms with Gasteiger partial charge in [-0.2, -0.15) is 5.10 Å². The van der Waals surface area contributed by atoms with E-state index in [1.165, 1.54) is 37.7 Å². The topological polar surface area (TPSA) is 33.1 Å². The van der Waals surface area contributed by atoms with Crippen molar-refractivity contribution < 1.29 is 0 Å². The van der Waals surface area contributed by atoms with Gasteiger partial charge >= 0.3 is 0 Å². The van der Waals surface area contributed by atoms with E-state index >= 15 is 0 Å². The number of nitrogens with one attached hydrogen (secondary N) is 1. The zero-order chi connectivity index (χ0) is 15.5. The molecule has 1 aromatic heterocycles. The number of likely N-dealkylation sites (N-methyl/N-ethyl adjacent to an activating group) is 2. The van der Waals surface area contributed by atoms with Crippen LogP contribution in [0, 0.1) is 5.92 Å². The largest absolute Gasteiger partial charge is 0.315 e. The highest BCUT2D eigenvalue weighted by atomic mass is 15.2. The zero-order valence-corrected chi connectivity index (χ0v) is 14.4. The molecule has 0 aliphatic heterocycles. The van der Waals surface area contributed by atoms with E-state index in [0.29, 0.717) is 11.6 Å². The average molecular weight is 292 g/mol. The maximum atomic E-state index is 4.28. The number of rotatable bonds is 6. The minimum absolute atomic E-state index is 0.300. The monoisotopic (exact) mass is 292 g/mol.